The molecule has 0 unspecified atom stereocenters. The molecule has 1 spiro atoms. The Hall–Kier alpha value is -3.22. The van der Waals surface area contributed by atoms with Crippen molar-refractivity contribution in [2.45, 2.75) is 50.5 Å². The first-order valence-electron chi connectivity index (χ1n) is 10.1. The van der Waals surface area contributed by atoms with E-state index in [9.17, 15) is 23.9 Å². The van der Waals surface area contributed by atoms with E-state index in [0.29, 0.717) is 29.7 Å². The van der Waals surface area contributed by atoms with E-state index in [4.69, 9.17) is 5.11 Å². The first-order chi connectivity index (χ1) is 14.3. The predicted octanol–water partition coefficient (Wildman–Crippen LogP) is 4.24. The van der Waals surface area contributed by atoms with Gasteiger partial charge in [0.25, 0.3) is 0 Å². The molecule has 1 aromatic heterocycles. The van der Waals surface area contributed by atoms with Gasteiger partial charge in [0.2, 0.25) is 0 Å². The van der Waals surface area contributed by atoms with Crippen molar-refractivity contribution in [3.05, 3.63) is 53.6 Å². The van der Waals surface area contributed by atoms with Gasteiger partial charge in [0, 0.05) is 18.2 Å². The number of aliphatic carboxylic acids is 1. The third kappa shape index (κ3) is 3.14. The summed E-state index contributed by atoms with van der Waals surface area (Å²) in [4.78, 5) is 37.2. The van der Waals surface area contributed by atoms with E-state index >= 15 is 0 Å². The van der Waals surface area contributed by atoms with Gasteiger partial charge < -0.3 is 14.8 Å². The summed E-state index contributed by atoms with van der Waals surface area (Å²) < 4.78 is 15.2. The number of aromatic nitrogens is 1. The Morgan fingerprint density at radius 1 is 1.03 bits per heavy atom. The molecule has 0 bridgehead atoms. The van der Waals surface area contributed by atoms with Gasteiger partial charge >= 0.3 is 5.97 Å². The number of carbonyl (C=O) groups excluding carboxylic acids is 2. The molecule has 7 heteroatoms. The van der Waals surface area contributed by atoms with Crippen molar-refractivity contribution in [1.82, 2.24) is 4.57 Å². The minimum Gasteiger partial charge on any atom is -0.505 e. The summed E-state index contributed by atoms with van der Waals surface area (Å²) in [6.07, 6.45) is 4.66. The van der Waals surface area contributed by atoms with Crippen LogP contribution in [0.25, 0.3) is 16.9 Å². The van der Waals surface area contributed by atoms with Crippen molar-refractivity contribution >= 4 is 23.3 Å². The van der Waals surface area contributed by atoms with Crippen molar-refractivity contribution in [1.29, 1.82) is 0 Å². The smallest absolute Gasteiger partial charge is 0.303 e. The van der Waals surface area contributed by atoms with Crippen LogP contribution in [-0.4, -0.2) is 32.3 Å². The summed E-state index contributed by atoms with van der Waals surface area (Å²) in [5, 5.41) is 19.9. The van der Waals surface area contributed by atoms with Crippen LogP contribution < -0.4 is 0 Å². The molecule has 2 aliphatic rings. The number of hydrogen-bond acceptors (Lipinski definition) is 4. The molecule has 2 aromatic rings. The van der Waals surface area contributed by atoms with Crippen LogP contribution in [0.15, 0.2) is 42.1 Å². The van der Waals surface area contributed by atoms with E-state index in [1.807, 2.05) is 0 Å². The Bertz CT molecular complexity index is 1060. The first kappa shape index (κ1) is 20.1. The number of allylic oxidation sites excluding steroid dienone is 1. The van der Waals surface area contributed by atoms with Gasteiger partial charge in [-0.3, -0.25) is 14.4 Å². The van der Waals surface area contributed by atoms with E-state index in [-0.39, 0.29) is 12.0 Å². The van der Waals surface area contributed by atoms with Crippen molar-refractivity contribution in [3.63, 3.8) is 0 Å². The molecule has 4 rings (SSSR count). The number of ketones is 2. The van der Waals surface area contributed by atoms with E-state index in [1.54, 1.807) is 29.0 Å². The van der Waals surface area contributed by atoms with Gasteiger partial charge in [-0.2, -0.15) is 0 Å². The minimum absolute atomic E-state index is 0.312. The Kier molecular flexibility index (Phi) is 5.05. The molecule has 0 atom stereocenters. The molecular weight excluding hydrogens is 389 g/mol. The molecule has 30 heavy (non-hydrogen) atoms. The highest BCUT2D eigenvalue weighted by molar-refractivity contribution is 6.28. The zero-order valence-corrected chi connectivity index (χ0v) is 16.4. The van der Waals surface area contributed by atoms with Crippen LogP contribution >= 0.6 is 0 Å². The van der Waals surface area contributed by atoms with Gasteiger partial charge in [-0.1, -0.05) is 31.4 Å². The largest absolute Gasteiger partial charge is 0.505 e. The summed E-state index contributed by atoms with van der Waals surface area (Å²) in [6.45, 7) is 0. The molecule has 1 aliphatic carbocycles. The number of nitrogens with zero attached hydrogens (tertiary/aromatic N) is 1. The van der Waals surface area contributed by atoms with Crippen LogP contribution in [0.5, 0.6) is 0 Å². The molecular formula is C23H22FNO5. The third-order valence-electron chi connectivity index (χ3n) is 6.14. The van der Waals surface area contributed by atoms with E-state index in [1.165, 1.54) is 12.1 Å². The number of Topliss-reactive ketones (excluding diaryl/α,β-unsaturated/α-hetero) is 2. The Balaban J connectivity index is 1.90. The Morgan fingerprint density at radius 3 is 2.33 bits per heavy atom. The lowest BCUT2D eigenvalue weighted by atomic mass is 9.72. The van der Waals surface area contributed by atoms with Gasteiger partial charge in [-0.25, -0.2) is 4.39 Å². The maximum absolute atomic E-state index is 13.5. The van der Waals surface area contributed by atoms with Crippen LogP contribution in [0.4, 0.5) is 4.39 Å². The average Bonchev–Trinajstić information content (AvgIpc) is 3.18. The van der Waals surface area contributed by atoms with Crippen LogP contribution in [0, 0.1) is 5.82 Å². The predicted molar refractivity (Wildman–Crippen MR) is 107 cm³/mol. The highest BCUT2D eigenvalue weighted by Gasteiger charge is 2.49. The fourth-order valence-electron chi connectivity index (χ4n) is 4.67. The quantitative estimate of drug-likeness (QED) is 0.718. The van der Waals surface area contributed by atoms with Gasteiger partial charge in [0.1, 0.15) is 16.9 Å². The van der Waals surface area contributed by atoms with Gasteiger partial charge in [-0.15, -0.1) is 0 Å². The number of benzene rings is 1. The molecule has 2 heterocycles. The van der Waals surface area contributed by atoms with Gasteiger partial charge in [0.05, 0.1) is 12.1 Å². The number of carbonyl (C=O) groups is 3. The standard InChI is InChI=1S/C23H22FNO5/c24-15-6-4-14(5-7-15)16-10-13-25-20(16)21(29)19(17(26)8-9-18(27)28)22(30)23(25)11-2-1-3-12-23/h4-7,10,13,29H,1-3,8-9,11-12H2,(H,27,28). The van der Waals surface area contributed by atoms with E-state index in [0.717, 1.165) is 19.3 Å². The zero-order valence-electron chi connectivity index (χ0n) is 16.4. The highest BCUT2D eigenvalue weighted by Crippen LogP contribution is 2.46. The monoisotopic (exact) mass is 411 g/mol. The van der Waals surface area contributed by atoms with Gasteiger partial charge in [0.15, 0.2) is 17.3 Å². The number of carboxylic acid groups (broad SMARTS) is 1. The maximum Gasteiger partial charge on any atom is 0.303 e. The Labute approximate surface area is 172 Å². The van der Waals surface area contributed by atoms with Crippen molar-refractivity contribution in [3.8, 4) is 11.1 Å². The van der Waals surface area contributed by atoms with Crippen LogP contribution in [0.3, 0.4) is 0 Å². The number of halogens is 1. The fraction of sp³-hybridized carbons (Fsp3) is 0.348. The summed E-state index contributed by atoms with van der Waals surface area (Å²) in [5.74, 6) is -3.08. The molecule has 1 aromatic carbocycles. The topological polar surface area (TPSA) is 96.6 Å². The van der Waals surface area contributed by atoms with Gasteiger partial charge in [-0.05, 0) is 36.6 Å². The van der Waals surface area contributed by atoms with Crippen molar-refractivity contribution in [2.24, 2.45) is 0 Å². The molecule has 0 saturated heterocycles. The van der Waals surface area contributed by atoms with E-state index < -0.39 is 41.1 Å². The van der Waals surface area contributed by atoms with Crippen LogP contribution in [-0.2, 0) is 19.9 Å². The molecule has 1 saturated carbocycles. The second-order valence-electron chi connectivity index (χ2n) is 7.92. The third-order valence-corrected chi connectivity index (χ3v) is 6.14. The molecule has 0 amide bonds. The zero-order chi connectivity index (χ0) is 21.5. The highest BCUT2D eigenvalue weighted by atomic mass is 19.1. The van der Waals surface area contributed by atoms with Crippen molar-refractivity contribution < 1.29 is 29.0 Å². The number of aliphatic hydroxyl groups is 1. The summed E-state index contributed by atoms with van der Waals surface area (Å²) in [7, 11) is 0. The number of hydrogen-bond donors (Lipinski definition) is 2. The van der Waals surface area contributed by atoms with Crippen LogP contribution in [0.2, 0.25) is 0 Å². The number of fused-ring (bicyclic) bond motifs is 2. The second-order valence-corrected chi connectivity index (χ2v) is 7.92. The van der Waals surface area contributed by atoms with E-state index in [2.05, 4.69) is 0 Å². The molecule has 1 fully saturated rings. The lowest BCUT2D eigenvalue weighted by molar-refractivity contribution is -0.138. The summed E-state index contributed by atoms with van der Waals surface area (Å²) >= 11 is 0. The lowest BCUT2D eigenvalue weighted by Gasteiger charge is -2.41. The average molecular weight is 411 g/mol. The minimum atomic E-state index is -1.14. The summed E-state index contributed by atoms with van der Waals surface area (Å²) in [5.41, 5.74) is 0.309. The maximum atomic E-state index is 13.5. The fourth-order valence-corrected chi connectivity index (χ4v) is 4.67. The summed E-state index contributed by atoms with van der Waals surface area (Å²) in [6, 6.07) is 7.53. The lowest BCUT2D eigenvalue weighted by Crippen LogP contribution is -2.48. The van der Waals surface area contributed by atoms with Crippen molar-refractivity contribution in [2.75, 3.05) is 0 Å². The number of aliphatic hydroxyl groups excluding tert-OH is 1. The Morgan fingerprint density at radius 2 is 1.70 bits per heavy atom. The molecule has 1 aliphatic heterocycles. The first-order valence-corrected chi connectivity index (χ1v) is 10.1. The second kappa shape index (κ2) is 7.55. The molecule has 6 nitrogen and oxygen atoms in total. The van der Waals surface area contributed by atoms with Crippen LogP contribution in [0.1, 0.15) is 50.6 Å². The normalized spacial score (nSPS) is 17.8. The SMILES string of the molecule is O=C(O)CCC(=O)C1=C(O)c2c(-c3ccc(F)cc3)ccn2C2(CCCCC2)C1=O. The number of carboxylic acids is 1. The molecule has 0 radical (unpaired) electrons. The molecule has 156 valence electrons. The molecule has 2 N–H and O–H groups in total. The number of rotatable bonds is 5.